The van der Waals surface area contributed by atoms with Gasteiger partial charge in [-0.2, -0.15) is 4.57 Å². The smallest absolute Gasteiger partial charge is 0.314 e. The van der Waals surface area contributed by atoms with Crippen molar-refractivity contribution in [2.45, 2.75) is 38.1 Å². The van der Waals surface area contributed by atoms with Gasteiger partial charge in [0.2, 0.25) is 0 Å². The third-order valence-corrected chi connectivity index (χ3v) is 5.52. The summed E-state index contributed by atoms with van der Waals surface area (Å²) in [6.07, 6.45) is 12.4. The lowest BCUT2D eigenvalue weighted by molar-refractivity contribution is -0.670. The number of aromatic nitrogens is 2. The number of amides is 1. The molecule has 102 valence electrons. The van der Waals surface area contributed by atoms with Crippen molar-refractivity contribution >= 4 is 6.03 Å². The molecule has 0 aliphatic heterocycles. The van der Waals surface area contributed by atoms with Crippen molar-refractivity contribution in [3.05, 3.63) is 18.7 Å². The van der Waals surface area contributed by atoms with Crippen molar-refractivity contribution < 1.29 is 9.36 Å². The Morgan fingerprint density at radius 1 is 1.16 bits per heavy atom. The summed E-state index contributed by atoms with van der Waals surface area (Å²) in [6.45, 7) is 0. The van der Waals surface area contributed by atoms with E-state index in [2.05, 4.69) is 5.32 Å². The van der Waals surface area contributed by atoms with Crippen molar-refractivity contribution in [1.82, 2.24) is 9.88 Å². The first-order valence-corrected chi connectivity index (χ1v) is 7.53. The molecule has 4 aliphatic rings. The highest BCUT2D eigenvalue weighted by molar-refractivity contribution is 5.76. The molecule has 1 N–H and O–H groups in total. The first-order chi connectivity index (χ1) is 9.19. The molecule has 1 aromatic heterocycles. The number of nitrogens with one attached hydrogen (secondary N) is 1. The van der Waals surface area contributed by atoms with Gasteiger partial charge in [0.25, 0.3) is 6.33 Å². The second-order valence-electron chi connectivity index (χ2n) is 6.89. The highest BCUT2D eigenvalue weighted by Crippen LogP contribution is 2.53. The summed E-state index contributed by atoms with van der Waals surface area (Å²) in [4.78, 5) is 12.3. The molecule has 1 aromatic rings. The Bertz CT molecular complexity index is 479. The quantitative estimate of drug-likeness (QED) is 0.767. The standard InChI is InChI=1S/C15H21N3O/c1-17-2-3-18(9-17)15(19)16-14-12-5-10-4-11(7-12)8-13(14)6-10/h2-3,9-14H,4-8H2,1H3/p+1. The molecule has 5 rings (SSSR count). The molecule has 0 radical (unpaired) electrons. The van der Waals surface area contributed by atoms with Crippen LogP contribution in [0.3, 0.4) is 0 Å². The van der Waals surface area contributed by atoms with Crippen molar-refractivity contribution in [3.8, 4) is 0 Å². The van der Waals surface area contributed by atoms with Crippen LogP contribution in [0.4, 0.5) is 4.79 Å². The van der Waals surface area contributed by atoms with Gasteiger partial charge in [0, 0.05) is 6.04 Å². The maximum Gasteiger partial charge on any atom is 0.413 e. The number of hydrogen-bond donors (Lipinski definition) is 1. The molecular formula is C15H22N3O+. The molecule has 0 atom stereocenters. The summed E-state index contributed by atoms with van der Waals surface area (Å²) in [5.41, 5.74) is 0. The lowest BCUT2D eigenvalue weighted by Gasteiger charge is -2.54. The van der Waals surface area contributed by atoms with Gasteiger partial charge < -0.3 is 5.32 Å². The van der Waals surface area contributed by atoms with Crippen LogP contribution in [0.2, 0.25) is 0 Å². The minimum absolute atomic E-state index is 0.0399. The molecule has 1 heterocycles. The van der Waals surface area contributed by atoms with Crippen molar-refractivity contribution in [2.24, 2.45) is 30.7 Å². The number of rotatable bonds is 1. The predicted octanol–water partition coefficient (Wildman–Crippen LogP) is 1.69. The maximum absolute atomic E-state index is 12.3. The Morgan fingerprint density at radius 2 is 1.79 bits per heavy atom. The zero-order valence-corrected chi connectivity index (χ0v) is 11.5. The summed E-state index contributed by atoms with van der Waals surface area (Å²) in [5, 5.41) is 3.30. The van der Waals surface area contributed by atoms with Crippen LogP contribution in [0.15, 0.2) is 18.7 Å². The largest absolute Gasteiger partial charge is 0.413 e. The maximum atomic E-state index is 12.3. The van der Waals surface area contributed by atoms with Crippen LogP contribution in [0.5, 0.6) is 0 Å². The van der Waals surface area contributed by atoms with Crippen LogP contribution in [-0.4, -0.2) is 16.6 Å². The summed E-state index contributed by atoms with van der Waals surface area (Å²) < 4.78 is 3.56. The average molecular weight is 260 g/mol. The molecule has 19 heavy (non-hydrogen) atoms. The third kappa shape index (κ3) is 1.88. The molecular weight excluding hydrogens is 238 g/mol. The fraction of sp³-hybridized carbons (Fsp3) is 0.733. The minimum Gasteiger partial charge on any atom is -0.314 e. The van der Waals surface area contributed by atoms with Crippen LogP contribution < -0.4 is 9.88 Å². The van der Waals surface area contributed by atoms with Gasteiger partial charge in [-0.05, 0) is 55.8 Å². The van der Waals surface area contributed by atoms with E-state index in [-0.39, 0.29) is 6.03 Å². The van der Waals surface area contributed by atoms with Crippen LogP contribution in [0.25, 0.3) is 0 Å². The zero-order valence-electron chi connectivity index (χ0n) is 11.5. The van der Waals surface area contributed by atoms with E-state index in [1.165, 1.54) is 32.1 Å². The lowest BCUT2D eigenvalue weighted by Crippen LogP contribution is -2.56. The van der Waals surface area contributed by atoms with Gasteiger partial charge >= 0.3 is 6.03 Å². The van der Waals surface area contributed by atoms with Crippen LogP contribution in [-0.2, 0) is 7.05 Å². The summed E-state index contributed by atoms with van der Waals surface area (Å²) in [6, 6.07) is 0.464. The first kappa shape index (κ1) is 11.5. The number of carbonyl (C=O) groups is 1. The third-order valence-electron chi connectivity index (χ3n) is 5.52. The Morgan fingerprint density at radius 3 is 2.32 bits per heavy atom. The lowest BCUT2D eigenvalue weighted by atomic mass is 9.54. The fourth-order valence-corrected chi connectivity index (χ4v) is 4.95. The van der Waals surface area contributed by atoms with Crippen LogP contribution >= 0.6 is 0 Å². The van der Waals surface area contributed by atoms with Gasteiger partial charge in [0.15, 0.2) is 0 Å². The second-order valence-corrected chi connectivity index (χ2v) is 6.89. The predicted molar refractivity (Wildman–Crippen MR) is 70.4 cm³/mol. The van der Waals surface area contributed by atoms with Gasteiger partial charge in [-0.15, -0.1) is 0 Å². The monoisotopic (exact) mass is 260 g/mol. The summed E-state index contributed by atoms with van der Waals surface area (Å²) in [7, 11) is 1.94. The van der Waals surface area contributed by atoms with Gasteiger partial charge in [-0.3, -0.25) is 0 Å². The molecule has 4 aliphatic carbocycles. The molecule has 0 unspecified atom stereocenters. The highest BCUT2D eigenvalue weighted by atomic mass is 16.2. The molecule has 4 fully saturated rings. The number of aryl methyl sites for hydroxylation is 1. The minimum atomic E-state index is 0.0399. The van der Waals surface area contributed by atoms with E-state index in [0.717, 1.165) is 23.7 Å². The van der Waals surface area contributed by atoms with E-state index >= 15 is 0 Å². The second kappa shape index (κ2) is 4.09. The molecule has 4 nitrogen and oxygen atoms in total. The van der Waals surface area contributed by atoms with Crippen LogP contribution in [0, 0.1) is 23.7 Å². The molecule has 0 aromatic carbocycles. The van der Waals surface area contributed by atoms with E-state index in [9.17, 15) is 4.79 Å². The number of hydrogen-bond acceptors (Lipinski definition) is 1. The van der Waals surface area contributed by atoms with E-state index in [1.54, 1.807) is 4.57 Å². The molecule has 4 heteroatoms. The molecule has 0 saturated heterocycles. The zero-order chi connectivity index (χ0) is 13.0. The van der Waals surface area contributed by atoms with Gasteiger partial charge in [-0.1, -0.05) is 0 Å². The summed E-state index contributed by atoms with van der Waals surface area (Å²) >= 11 is 0. The molecule has 4 saturated carbocycles. The highest BCUT2D eigenvalue weighted by Gasteiger charge is 2.48. The normalized spacial score (nSPS) is 39.5. The number of imidazole rings is 1. The summed E-state index contributed by atoms with van der Waals surface area (Å²) in [5.74, 6) is 3.40. The Hall–Kier alpha value is -1.32. The SMILES string of the molecule is C[n+]1ccn(C(=O)NC2C3CC4CC(C3)CC2C4)c1. The van der Waals surface area contributed by atoms with Gasteiger partial charge in [0.05, 0.1) is 7.05 Å². The van der Waals surface area contributed by atoms with Crippen molar-refractivity contribution in [2.75, 3.05) is 0 Å². The Kier molecular flexibility index (Phi) is 2.47. The number of nitrogens with zero attached hydrogens (tertiary/aromatic N) is 2. The van der Waals surface area contributed by atoms with Gasteiger partial charge in [-0.25, -0.2) is 9.36 Å². The van der Waals surface area contributed by atoms with Gasteiger partial charge in [0.1, 0.15) is 12.4 Å². The molecule has 0 spiro atoms. The number of carbonyl (C=O) groups excluding carboxylic acids is 1. The molecule has 1 amide bonds. The van der Waals surface area contributed by atoms with Crippen molar-refractivity contribution in [1.29, 1.82) is 0 Å². The first-order valence-electron chi connectivity index (χ1n) is 7.53. The van der Waals surface area contributed by atoms with Crippen LogP contribution in [0.1, 0.15) is 32.1 Å². The van der Waals surface area contributed by atoms with E-state index in [4.69, 9.17) is 0 Å². The average Bonchev–Trinajstić information content (AvgIpc) is 2.79. The van der Waals surface area contributed by atoms with Crippen molar-refractivity contribution in [3.63, 3.8) is 0 Å². The topological polar surface area (TPSA) is 37.9 Å². The Balaban J connectivity index is 1.49. The van der Waals surface area contributed by atoms with E-state index in [0.29, 0.717) is 6.04 Å². The van der Waals surface area contributed by atoms with E-state index in [1.807, 2.05) is 30.3 Å². The Labute approximate surface area is 113 Å². The van der Waals surface area contributed by atoms with E-state index < -0.39 is 0 Å². The fourth-order valence-electron chi connectivity index (χ4n) is 4.95. The molecule has 4 bridgehead atoms.